The second-order valence-electron chi connectivity index (χ2n) is 6.48. The zero-order chi connectivity index (χ0) is 22.2. The quantitative estimate of drug-likeness (QED) is 0.523. The summed E-state index contributed by atoms with van der Waals surface area (Å²) in [4.78, 5) is 40.6. The highest BCUT2D eigenvalue weighted by atomic mass is 32.1. The average Bonchev–Trinajstić information content (AvgIpc) is 3.26. The van der Waals surface area contributed by atoms with Crippen molar-refractivity contribution in [3.8, 4) is 17.0 Å². The van der Waals surface area contributed by atoms with Gasteiger partial charge >= 0.3 is 5.97 Å². The summed E-state index contributed by atoms with van der Waals surface area (Å²) in [6.45, 7) is 1.00. The largest absolute Gasteiger partial charge is 0.497 e. The van der Waals surface area contributed by atoms with Crippen LogP contribution < -0.4 is 15.4 Å². The van der Waals surface area contributed by atoms with E-state index in [1.165, 1.54) is 18.3 Å². The van der Waals surface area contributed by atoms with Crippen LogP contribution in [-0.2, 0) is 14.3 Å². The highest BCUT2D eigenvalue weighted by Gasteiger charge is 2.19. The molecule has 0 aliphatic heterocycles. The molecule has 0 aliphatic carbocycles. The third-order valence-corrected chi connectivity index (χ3v) is 4.98. The van der Waals surface area contributed by atoms with Crippen molar-refractivity contribution in [2.75, 3.05) is 19.0 Å². The number of hydrogen-bond acceptors (Lipinski definition) is 7. The van der Waals surface area contributed by atoms with Gasteiger partial charge < -0.3 is 14.8 Å². The molecule has 2 N–H and O–H groups in total. The maximum Gasteiger partial charge on any atom is 0.328 e. The number of benzene rings is 2. The molecule has 9 heteroatoms. The minimum absolute atomic E-state index is 0.386. The van der Waals surface area contributed by atoms with Gasteiger partial charge in [-0.05, 0) is 43.3 Å². The molecule has 0 fully saturated rings. The smallest absolute Gasteiger partial charge is 0.328 e. The zero-order valence-corrected chi connectivity index (χ0v) is 17.8. The molecule has 1 aromatic heterocycles. The normalized spacial score (nSPS) is 11.3. The van der Waals surface area contributed by atoms with Gasteiger partial charge in [0, 0.05) is 16.5 Å². The average molecular weight is 439 g/mol. The van der Waals surface area contributed by atoms with Crippen LogP contribution in [0.4, 0.5) is 5.13 Å². The molecule has 2 amide bonds. The maximum absolute atomic E-state index is 12.1. The van der Waals surface area contributed by atoms with Crippen LogP contribution in [0, 0.1) is 0 Å². The highest BCUT2D eigenvalue weighted by Crippen LogP contribution is 2.26. The summed E-state index contributed by atoms with van der Waals surface area (Å²) in [5.74, 6) is -0.894. The van der Waals surface area contributed by atoms with Crippen molar-refractivity contribution in [3.63, 3.8) is 0 Å². The number of nitrogens with one attached hydrogen (secondary N) is 2. The molecule has 0 spiro atoms. The third-order valence-electron chi connectivity index (χ3n) is 4.22. The van der Waals surface area contributed by atoms with E-state index in [2.05, 4.69) is 15.6 Å². The van der Waals surface area contributed by atoms with E-state index in [0.717, 1.165) is 11.3 Å². The number of thiazole rings is 1. The Morgan fingerprint density at radius 2 is 1.77 bits per heavy atom. The fraction of sp³-hybridized carbons (Fsp3) is 0.182. The SMILES string of the molecule is COc1ccc(-c2csc(NC(=O)COC(=O)C(C)NC(=O)c3ccccc3)n2)cc1. The third kappa shape index (κ3) is 6.13. The predicted molar refractivity (Wildman–Crippen MR) is 117 cm³/mol. The van der Waals surface area contributed by atoms with Crippen molar-refractivity contribution >= 4 is 34.3 Å². The van der Waals surface area contributed by atoms with Gasteiger partial charge in [-0.2, -0.15) is 0 Å². The lowest BCUT2D eigenvalue weighted by Gasteiger charge is -2.13. The van der Waals surface area contributed by atoms with E-state index in [0.29, 0.717) is 16.4 Å². The van der Waals surface area contributed by atoms with Crippen LogP contribution in [0.25, 0.3) is 11.3 Å². The number of rotatable bonds is 8. The van der Waals surface area contributed by atoms with E-state index in [-0.39, 0.29) is 0 Å². The molecule has 31 heavy (non-hydrogen) atoms. The van der Waals surface area contributed by atoms with Gasteiger partial charge in [0.05, 0.1) is 12.8 Å². The van der Waals surface area contributed by atoms with Crippen LogP contribution in [0.1, 0.15) is 17.3 Å². The summed E-state index contributed by atoms with van der Waals surface area (Å²) in [5, 5.41) is 7.33. The first-order chi connectivity index (χ1) is 15.0. The summed E-state index contributed by atoms with van der Waals surface area (Å²) in [7, 11) is 1.59. The molecule has 0 aliphatic rings. The predicted octanol–water partition coefficient (Wildman–Crippen LogP) is 3.12. The molecule has 160 valence electrons. The van der Waals surface area contributed by atoms with E-state index >= 15 is 0 Å². The van der Waals surface area contributed by atoms with Crippen LogP contribution in [0.5, 0.6) is 5.75 Å². The van der Waals surface area contributed by atoms with Gasteiger partial charge in [0.25, 0.3) is 11.8 Å². The second kappa shape index (κ2) is 10.4. The van der Waals surface area contributed by atoms with E-state index in [1.54, 1.807) is 37.4 Å². The van der Waals surface area contributed by atoms with Crippen molar-refractivity contribution in [1.29, 1.82) is 0 Å². The summed E-state index contributed by atoms with van der Waals surface area (Å²) in [6, 6.07) is 15.0. The lowest BCUT2D eigenvalue weighted by Crippen LogP contribution is -2.40. The first-order valence-electron chi connectivity index (χ1n) is 9.38. The van der Waals surface area contributed by atoms with Crippen LogP contribution >= 0.6 is 11.3 Å². The number of aromatic nitrogens is 1. The molecule has 3 aromatic rings. The highest BCUT2D eigenvalue weighted by molar-refractivity contribution is 7.14. The molecule has 0 bridgehead atoms. The van der Waals surface area contributed by atoms with Crippen molar-refractivity contribution in [2.45, 2.75) is 13.0 Å². The van der Waals surface area contributed by atoms with Crippen molar-refractivity contribution in [1.82, 2.24) is 10.3 Å². The monoisotopic (exact) mass is 439 g/mol. The first-order valence-corrected chi connectivity index (χ1v) is 10.3. The summed E-state index contributed by atoms with van der Waals surface area (Å²) >= 11 is 1.26. The van der Waals surface area contributed by atoms with Gasteiger partial charge in [-0.25, -0.2) is 9.78 Å². The number of esters is 1. The second-order valence-corrected chi connectivity index (χ2v) is 7.34. The maximum atomic E-state index is 12.1. The lowest BCUT2D eigenvalue weighted by molar-refractivity contribution is -0.148. The first kappa shape index (κ1) is 22.0. The Bertz CT molecular complexity index is 1050. The molecule has 0 radical (unpaired) electrons. The van der Waals surface area contributed by atoms with Crippen molar-refractivity contribution < 1.29 is 23.9 Å². The molecule has 3 rings (SSSR count). The van der Waals surface area contributed by atoms with Crippen LogP contribution in [-0.4, -0.2) is 42.5 Å². The Kier molecular flexibility index (Phi) is 7.34. The fourth-order valence-electron chi connectivity index (χ4n) is 2.57. The number of ether oxygens (including phenoxy) is 2. The fourth-order valence-corrected chi connectivity index (χ4v) is 3.31. The molecule has 2 aromatic carbocycles. The molecular weight excluding hydrogens is 418 g/mol. The van der Waals surface area contributed by atoms with Gasteiger partial charge in [-0.15, -0.1) is 11.3 Å². The zero-order valence-electron chi connectivity index (χ0n) is 17.0. The standard InChI is InChI=1S/C22H21N3O5S/c1-14(23-20(27)16-6-4-3-5-7-16)21(28)30-12-19(26)25-22-24-18(13-31-22)15-8-10-17(29-2)11-9-15/h3-11,13-14H,12H2,1-2H3,(H,23,27)(H,24,25,26). The summed E-state index contributed by atoms with van der Waals surface area (Å²) < 4.78 is 10.1. The van der Waals surface area contributed by atoms with E-state index in [1.807, 2.05) is 29.6 Å². The van der Waals surface area contributed by atoms with Crippen LogP contribution in [0.2, 0.25) is 0 Å². The van der Waals surface area contributed by atoms with Gasteiger partial charge in [0.1, 0.15) is 11.8 Å². The number of anilines is 1. The van der Waals surface area contributed by atoms with E-state index in [9.17, 15) is 14.4 Å². The Morgan fingerprint density at radius 1 is 1.06 bits per heavy atom. The minimum atomic E-state index is -0.901. The van der Waals surface area contributed by atoms with Crippen LogP contribution in [0.15, 0.2) is 60.0 Å². The van der Waals surface area contributed by atoms with Crippen molar-refractivity contribution in [2.24, 2.45) is 0 Å². The minimum Gasteiger partial charge on any atom is -0.497 e. The number of carbonyl (C=O) groups is 3. The Labute approximate surface area is 183 Å². The van der Waals surface area contributed by atoms with E-state index in [4.69, 9.17) is 9.47 Å². The van der Waals surface area contributed by atoms with Gasteiger partial charge in [0.15, 0.2) is 11.7 Å². The summed E-state index contributed by atoms with van der Waals surface area (Å²) in [5.41, 5.74) is 2.01. The van der Waals surface area contributed by atoms with Crippen LogP contribution in [0.3, 0.4) is 0 Å². The summed E-state index contributed by atoms with van der Waals surface area (Å²) in [6.07, 6.45) is 0. The van der Waals surface area contributed by atoms with Gasteiger partial charge in [-0.1, -0.05) is 18.2 Å². The van der Waals surface area contributed by atoms with E-state index < -0.39 is 30.4 Å². The molecule has 0 saturated carbocycles. The molecule has 1 heterocycles. The van der Waals surface area contributed by atoms with Gasteiger partial charge in [0.2, 0.25) is 0 Å². The number of hydrogen-bond donors (Lipinski definition) is 2. The number of carbonyl (C=O) groups excluding carboxylic acids is 3. The Balaban J connectivity index is 1.46. The molecule has 1 unspecified atom stereocenters. The molecular formula is C22H21N3O5S. The van der Waals surface area contributed by atoms with Gasteiger partial charge in [-0.3, -0.25) is 14.9 Å². The van der Waals surface area contributed by atoms with Crippen molar-refractivity contribution in [3.05, 3.63) is 65.5 Å². The number of amides is 2. The Morgan fingerprint density at radius 3 is 2.45 bits per heavy atom. The Hall–Kier alpha value is -3.72. The lowest BCUT2D eigenvalue weighted by atomic mass is 10.2. The molecule has 0 saturated heterocycles. The molecule has 1 atom stereocenters. The topological polar surface area (TPSA) is 107 Å². The molecule has 8 nitrogen and oxygen atoms in total. The number of nitrogens with zero attached hydrogens (tertiary/aromatic N) is 1. The number of methoxy groups -OCH3 is 1.